The fourth-order valence-corrected chi connectivity index (χ4v) is 2.64. The van der Waals surface area contributed by atoms with Gasteiger partial charge in [0.05, 0.1) is 13.5 Å². The topological polar surface area (TPSA) is 66.3 Å². The van der Waals surface area contributed by atoms with Crippen LogP contribution in [0.3, 0.4) is 0 Å². The lowest BCUT2D eigenvalue weighted by molar-refractivity contribution is -0.139. The number of carbonyl (C=O) groups is 1. The van der Waals surface area contributed by atoms with E-state index in [1.54, 1.807) is 11.9 Å². The largest absolute Gasteiger partial charge is 0.469 e. The Hall–Kier alpha value is -2.18. The minimum atomic E-state index is -0.359. The standard InChI is InChI=1S/C15H15ClN4O2/c1-9-11(8-12(21)22-2)13(16)20-15(17-9)18-14(19-20)10-6-4-3-5-7-10/h3-7,14,19H,8H2,1-2H3. The van der Waals surface area contributed by atoms with E-state index < -0.39 is 0 Å². The minimum Gasteiger partial charge on any atom is -0.469 e. The Morgan fingerprint density at radius 3 is 2.82 bits per heavy atom. The molecule has 0 aliphatic carbocycles. The summed E-state index contributed by atoms with van der Waals surface area (Å²) in [6.07, 6.45) is -0.175. The molecule has 2 aliphatic heterocycles. The Bertz CT molecular complexity index is 697. The maximum Gasteiger partial charge on any atom is 0.310 e. The highest BCUT2D eigenvalue weighted by molar-refractivity contribution is 6.34. The summed E-state index contributed by atoms with van der Waals surface area (Å²) in [5, 5.41) is 2.00. The zero-order valence-electron chi connectivity index (χ0n) is 12.2. The molecule has 0 radical (unpaired) electrons. The van der Waals surface area contributed by atoms with Gasteiger partial charge < -0.3 is 4.74 Å². The molecule has 1 aromatic rings. The van der Waals surface area contributed by atoms with Gasteiger partial charge in [-0.1, -0.05) is 41.9 Å². The van der Waals surface area contributed by atoms with E-state index in [4.69, 9.17) is 16.3 Å². The van der Waals surface area contributed by atoms with Crippen LogP contribution in [-0.2, 0) is 9.53 Å². The van der Waals surface area contributed by atoms with Gasteiger partial charge in [-0.25, -0.2) is 15.0 Å². The molecule has 0 fully saturated rings. The first kappa shape index (κ1) is 14.7. The van der Waals surface area contributed by atoms with Gasteiger partial charge in [-0.05, 0) is 12.5 Å². The summed E-state index contributed by atoms with van der Waals surface area (Å²) < 4.78 is 4.70. The summed E-state index contributed by atoms with van der Waals surface area (Å²) >= 11 is 6.41. The second-order valence-electron chi connectivity index (χ2n) is 4.93. The molecular formula is C15H15ClN4O2. The van der Waals surface area contributed by atoms with E-state index in [0.29, 0.717) is 22.4 Å². The summed E-state index contributed by atoms with van der Waals surface area (Å²) in [5.41, 5.74) is 5.49. The van der Waals surface area contributed by atoms with E-state index in [-0.39, 0.29) is 18.6 Å². The van der Waals surface area contributed by atoms with Crippen molar-refractivity contribution < 1.29 is 9.53 Å². The van der Waals surface area contributed by atoms with Crippen molar-refractivity contribution in [1.29, 1.82) is 0 Å². The van der Waals surface area contributed by atoms with Crippen LogP contribution in [0.25, 0.3) is 0 Å². The van der Waals surface area contributed by atoms with Crippen molar-refractivity contribution in [3.63, 3.8) is 0 Å². The third-order valence-electron chi connectivity index (χ3n) is 3.51. The third-order valence-corrected chi connectivity index (χ3v) is 3.91. The molecule has 1 unspecified atom stereocenters. The molecule has 6 nitrogen and oxygen atoms in total. The van der Waals surface area contributed by atoms with Crippen LogP contribution in [0.2, 0.25) is 0 Å². The van der Waals surface area contributed by atoms with Gasteiger partial charge in [0.25, 0.3) is 0 Å². The zero-order valence-corrected chi connectivity index (χ0v) is 13.0. The summed E-state index contributed by atoms with van der Waals surface area (Å²) in [7, 11) is 1.35. The molecule has 1 aromatic carbocycles. The molecular weight excluding hydrogens is 304 g/mol. The normalized spacial score (nSPS) is 20.5. The van der Waals surface area contributed by atoms with E-state index in [2.05, 4.69) is 15.4 Å². The SMILES string of the molecule is COC(=O)CC1=C(Cl)N2NC(c3ccccc3)N=C2N=C1C. The van der Waals surface area contributed by atoms with E-state index in [1.165, 1.54) is 7.11 Å². The van der Waals surface area contributed by atoms with Crippen molar-refractivity contribution in [2.75, 3.05) is 7.11 Å². The Morgan fingerprint density at radius 1 is 1.41 bits per heavy atom. The molecule has 3 rings (SSSR count). The number of methoxy groups -OCH3 is 1. The molecule has 2 aliphatic rings. The van der Waals surface area contributed by atoms with Crippen molar-refractivity contribution in [2.24, 2.45) is 9.98 Å². The van der Waals surface area contributed by atoms with E-state index in [0.717, 1.165) is 5.56 Å². The van der Waals surface area contributed by atoms with Crippen LogP contribution >= 0.6 is 11.6 Å². The lowest BCUT2D eigenvalue weighted by atomic mass is 10.1. The number of ether oxygens (including phenoxy) is 1. The van der Waals surface area contributed by atoms with Crippen molar-refractivity contribution in [2.45, 2.75) is 19.5 Å². The van der Waals surface area contributed by atoms with Crippen LogP contribution in [-0.4, -0.2) is 29.8 Å². The molecule has 0 amide bonds. The number of hydrogen-bond donors (Lipinski definition) is 1. The molecule has 22 heavy (non-hydrogen) atoms. The summed E-state index contributed by atoms with van der Waals surface area (Å²) in [5.74, 6) is 0.131. The van der Waals surface area contributed by atoms with Gasteiger partial charge in [-0.2, -0.15) is 5.43 Å². The highest BCUT2D eigenvalue weighted by Gasteiger charge is 2.33. The van der Waals surface area contributed by atoms with Crippen molar-refractivity contribution in [3.8, 4) is 0 Å². The van der Waals surface area contributed by atoms with Crippen molar-refractivity contribution in [3.05, 3.63) is 46.6 Å². The van der Waals surface area contributed by atoms with E-state index in [1.807, 2.05) is 30.3 Å². The van der Waals surface area contributed by atoms with Crippen LogP contribution < -0.4 is 5.43 Å². The summed E-state index contributed by atoms with van der Waals surface area (Å²) in [6.45, 7) is 1.80. The van der Waals surface area contributed by atoms with Crippen molar-refractivity contribution in [1.82, 2.24) is 10.4 Å². The number of hydrogen-bond acceptors (Lipinski definition) is 6. The number of carbonyl (C=O) groups excluding carboxylic acids is 1. The average Bonchev–Trinajstić information content (AvgIpc) is 2.96. The molecule has 0 aromatic heterocycles. The lowest BCUT2D eigenvalue weighted by Crippen LogP contribution is -2.39. The molecule has 2 heterocycles. The highest BCUT2D eigenvalue weighted by atomic mass is 35.5. The number of rotatable bonds is 3. The molecule has 0 saturated carbocycles. The predicted octanol–water partition coefficient (Wildman–Crippen LogP) is 2.35. The molecule has 0 spiro atoms. The second kappa shape index (κ2) is 5.90. The first-order valence-electron chi connectivity index (χ1n) is 6.80. The Kier molecular flexibility index (Phi) is 3.96. The number of guanidine groups is 1. The number of fused-ring (bicyclic) bond motifs is 1. The number of nitrogens with zero attached hydrogens (tertiary/aromatic N) is 3. The van der Waals surface area contributed by atoms with Crippen LogP contribution in [0.5, 0.6) is 0 Å². The molecule has 0 saturated heterocycles. The monoisotopic (exact) mass is 318 g/mol. The third kappa shape index (κ3) is 2.63. The fourth-order valence-electron chi connectivity index (χ4n) is 2.31. The second-order valence-corrected chi connectivity index (χ2v) is 5.28. The molecule has 114 valence electrons. The Labute approximate surface area is 133 Å². The van der Waals surface area contributed by atoms with Gasteiger partial charge in [0.2, 0.25) is 5.96 Å². The zero-order chi connectivity index (χ0) is 15.7. The first-order valence-corrected chi connectivity index (χ1v) is 7.18. The number of hydrazine groups is 1. The highest BCUT2D eigenvalue weighted by Crippen LogP contribution is 2.30. The summed E-state index contributed by atoms with van der Waals surface area (Å²) in [6, 6.07) is 9.79. The van der Waals surface area contributed by atoms with Crippen molar-refractivity contribution >= 4 is 29.2 Å². The minimum absolute atomic E-state index is 0.0755. The number of nitrogens with one attached hydrogen (secondary N) is 1. The van der Waals surface area contributed by atoms with E-state index >= 15 is 0 Å². The summed E-state index contributed by atoms with van der Waals surface area (Å²) in [4.78, 5) is 20.5. The smallest absolute Gasteiger partial charge is 0.310 e. The molecule has 7 heteroatoms. The quantitative estimate of drug-likeness (QED) is 0.686. The number of benzene rings is 1. The van der Waals surface area contributed by atoms with Gasteiger partial charge >= 0.3 is 5.97 Å². The number of esters is 1. The van der Waals surface area contributed by atoms with E-state index in [9.17, 15) is 4.79 Å². The lowest BCUT2D eigenvalue weighted by Gasteiger charge is -2.25. The Morgan fingerprint density at radius 2 is 2.14 bits per heavy atom. The fraction of sp³-hybridized carbons (Fsp3) is 0.267. The van der Waals surface area contributed by atoms with Crippen LogP contribution in [0, 0.1) is 0 Å². The average molecular weight is 319 g/mol. The first-order chi connectivity index (χ1) is 10.6. The molecule has 1 N–H and O–H groups in total. The van der Waals surface area contributed by atoms with Crippen LogP contribution in [0.1, 0.15) is 25.1 Å². The predicted molar refractivity (Wildman–Crippen MR) is 84.2 cm³/mol. The van der Waals surface area contributed by atoms with Gasteiger partial charge in [-0.3, -0.25) is 4.79 Å². The van der Waals surface area contributed by atoms with Gasteiger partial charge in [-0.15, -0.1) is 0 Å². The molecule has 1 atom stereocenters. The van der Waals surface area contributed by atoms with Crippen LogP contribution in [0.15, 0.2) is 51.0 Å². The maximum atomic E-state index is 11.5. The Balaban J connectivity index is 1.89. The molecule has 0 bridgehead atoms. The maximum absolute atomic E-state index is 11.5. The van der Waals surface area contributed by atoms with Crippen LogP contribution in [0.4, 0.5) is 0 Å². The van der Waals surface area contributed by atoms with Gasteiger partial charge in [0.15, 0.2) is 0 Å². The number of aliphatic imine (C=N–C) groups is 2. The van der Waals surface area contributed by atoms with Gasteiger partial charge in [0, 0.05) is 11.3 Å². The van der Waals surface area contributed by atoms with Gasteiger partial charge in [0.1, 0.15) is 11.3 Å². The number of halogens is 1.